The van der Waals surface area contributed by atoms with Gasteiger partial charge in [-0.2, -0.15) is 0 Å². The van der Waals surface area contributed by atoms with Gasteiger partial charge in [-0.15, -0.1) is 12.4 Å². The van der Waals surface area contributed by atoms with Gasteiger partial charge in [0.05, 0.1) is 5.56 Å². The van der Waals surface area contributed by atoms with E-state index in [0.717, 1.165) is 11.1 Å². The molecule has 0 spiro atoms. The summed E-state index contributed by atoms with van der Waals surface area (Å²) in [6.45, 7) is 3.75. The summed E-state index contributed by atoms with van der Waals surface area (Å²) in [5.74, 6) is -0.859. The third kappa shape index (κ3) is 2.24. The van der Waals surface area contributed by atoms with Crippen molar-refractivity contribution in [2.24, 2.45) is 0 Å². The zero-order valence-electron chi connectivity index (χ0n) is 7.00. The molecule has 1 aromatic rings. The van der Waals surface area contributed by atoms with E-state index in [1.165, 1.54) is 0 Å². The van der Waals surface area contributed by atoms with Crippen molar-refractivity contribution < 1.29 is 9.90 Å². The zero-order chi connectivity index (χ0) is 8.43. The monoisotopic (exact) mass is 186 g/mol. The van der Waals surface area contributed by atoms with Crippen LogP contribution in [0.15, 0.2) is 18.2 Å². The smallest absolute Gasteiger partial charge is 0.335 e. The lowest BCUT2D eigenvalue weighted by Crippen LogP contribution is -1.99. The molecule has 0 aromatic heterocycles. The van der Waals surface area contributed by atoms with Gasteiger partial charge in [-0.1, -0.05) is 17.7 Å². The Kier molecular flexibility index (Phi) is 3.77. The molecule has 0 unspecified atom stereocenters. The standard InChI is InChI=1S/C9H10O2.ClH/c1-6-3-4-8(9(10)11)7(2)5-6;/h3-5H,1-2H3,(H,10,11);1H. The van der Waals surface area contributed by atoms with Crippen molar-refractivity contribution in [1.29, 1.82) is 0 Å². The fourth-order valence-electron chi connectivity index (χ4n) is 1.05. The number of rotatable bonds is 1. The molecule has 0 bridgehead atoms. The molecule has 1 aromatic carbocycles. The van der Waals surface area contributed by atoms with Gasteiger partial charge in [0, 0.05) is 0 Å². The van der Waals surface area contributed by atoms with E-state index in [9.17, 15) is 4.79 Å². The molecule has 0 aliphatic carbocycles. The van der Waals surface area contributed by atoms with E-state index in [-0.39, 0.29) is 12.4 Å². The van der Waals surface area contributed by atoms with Crippen molar-refractivity contribution in [2.75, 3.05) is 0 Å². The van der Waals surface area contributed by atoms with Crippen LogP contribution in [0.2, 0.25) is 0 Å². The lowest BCUT2D eigenvalue weighted by atomic mass is 10.1. The summed E-state index contributed by atoms with van der Waals surface area (Å²) >= 11 is 0. The van der Waals surface area contributed by atoms with Crippen molar-refractivity contribution in [1.82, 2.24) is 0 Å². The van der Waals surface area contributed by atoms with Crippen LogP contribution in [0.25, 0.3) is 0 Å². The summed E-state index contributed by atoms with van der Waals surface area (Å²) in [5, 5.41) is 8.66. The number of carbonyl (C=O) groups is 1. The topological polar surface area (TPSA) is 37.3 Å². The number of aryl methyl sites for hydroxylation is 2. The van der Waals surface area contributed by atoms with Crippen molar-refractivity contribution >= 4 is 18.4 Å². The number of hydrogen-bond donors (Lipinski definition) is 1. The molecule has 0 aliphatic heterocycles. The van der Waals surface area contributed by atoms with Gasteiger partial charge in [-0.05, 0) is 25.5 Å². The summed E-state index contributed by atoms with van der Waals surface area (Å²) in [5.41, 5.74) is 2.29. The number of carboxylic acid groups (broad SMARTS) is 1. The van der Waals surface area contributed by atoms with E-state index in [1.807, 2.05) is 13.0 Å². The van der Waals surface area contributed by atoms with Crippen LogP contribution in [0, 0.1) is 13.8 Å². The van der Waals surface area contributed by atoms with Crippen LogP contribution in [-0.4, -0.2) is 11.1 Å². The maximum Gasteiger partial charge on any atom is 0.335 e. The van der Waals surface area contributed by atoms with Gasteiger partial charge in [0.2, 0.25) is 0 Å². The highest BCUT2D eigenvalue weighted by Crippen LogP contribution is 2.09. The van der Waals surface area contributed by atoms with Crippen molar-refractivity contribution in [3.63, 3.8) is 0 Å². The van der Waals surface area contributed by atoms with E-state index in [2.05, 4.69) is 0 Å². The first-order valence-electron chi connectivity index (χ1n) is 3.42. The fraction of sp³-hybridized carbons (Fsp3) is 0.222. The molecule has 1 rings (SSSR count). The maximum atomic E-state index is 10.5. The van der Waals surface area contributed by atoms with Crippen molar-refractivity contribution in [3.8, 4) is 0 Å². The van der Waals surface area contributed by atoms with Crippen LogP contribution in [0.3, 0.4) is 0 Å². The van der Waals surface area contributed by atoms with Crippen LogP contribution in [-0.2, 0) is 0 Å². The molecule has 0 radical (unpaired) electrons. The van der Waals surface area contributed by atoms with Crippen LogP contribution in [0.5, 0.6) is 0 Å². The molecule has 0 saturated carbocycles. The molecule has 0 atom stereocenters. The predicted octanol–water partition coefficient (Wildman–Crippen LogP) is 2.42. The summed E-state index contributed by atoms with van der Waals surface area (Å²) in [7, 11) is 0. The molecule has 66 valence electrons. The van der Waals surface area contributed by atoms with E-state index in [1.54, 1.807) is 19.1 Å². The van der Waals surface area contributed by atoms with Crippen LogP contribution in [0.1, 0.15) is 21.5 Å². The minimum absolute atomic E-state index is 0. The number of halogens is 1. The lowest BCUT2D eigenvalue weighted by Gasteiger charge is -2.00. The number of aromatic carboxylic acids is 1. The second-order valence-electron chi connectivity index (χ2n) is 2.62. The zero-order valence-corrected chi connectivity index (χ0v) is 7.81. The SMILES string of the molecule is Cc1ccc(C(=O)O)c(C)c1.Cl. The van der Waals surface area contributed by atoms with Gasteiger partial charge in [0.1, 0.15) is 0 Å². The van der Waals surface area contributed by atoms with Crippen molar-refractivity contribution in [2.45, 2.75) is 13.8 Å². The fourth-order valence-corrected chi connectivity index (χ4v) is 1.05. The van der Waals surface area contributed by atoms with Gasteiger partial charge in [-0.25, -0.2) is 4.79 Å². The third-order valence-corrected chi connectivity index (χ3v) is 1.61. The quantitative estimate of drug-likeness (QED) is 0.732. The molecule has 0 saturated heterocycles. The van der Waals surface area contributed by atoms with Gasteiger partial charge >= 0.3 is 5.97 Å². The molecule has 0 fully saturated rings. The summed E-state index contributed by atoms with van der Waals surface area (Å²) in [6, 6.07) is 5.30. The second-order valence-corrected chi connectivity index (χ2v) is 2.62. The van der Waals surface area contributed by atoms with Gasteiger partial charge < -0.3 is 5.11 Å². The molecule has 0 amide bonds. The molecule has 0 aliphatic rings. The number of benzene rings is 1. The van der Waals surface area contributed by atoms with Crippen LogP contribution >= 0.6 is 12.4 Å². The highest BCUT2D eigenvalue weighted by atomic mass is 35.5. The summed E-state index contributed by atoms with van der Waals surface area (Å²) in [6.07, 6.45) is 0. The molecule has 12 heavy (non-hydrogen) atoms. The van der Waals surface area contributed by atoms with Crippen LogP contribution in [0.4, 0.5) is 0 Å². The maximum absolute atomic E-state index is 10.5. The highest BCUT2D eigenvalue weighted by Gasteiger charge is 2.04. The third-order valence-electron chi connectivity index (χ3n) is 1.61. The first-order chi connectivity index (χ1) is 5.11. The minimum atomic E-state index is -0.859. The number of hydrogen-bond acceptors (Lipinski definition) is 1. The molecule has 3 heteroatoms. The predicted molar refractivity (Wildman–Crippen MR) is 50.1 cm³/mol. The highest BCUT2D eigenvalue weighted by molar-refractivity contribution is 5.89. The Morgan fingerprint density at radius 3 is 2.33 bits per heavy atom. The average molecular weight is 187 g/mol. The Bertz CT molecular complexity index is 295. The largest absolute Gasteiger partial charge is 0.478 e. The molecule has 1 N–H and O–H groups in total. The van der Waals surface area contributed by atoms with Gasteiger partial charge in [0.15, 0.2) is 0 Å². The molecule has 0 heterocycles. The van der Waals surface area contributed by atoms with E-state index in [4.69, 9.17) is 5.11 Å². The Morgan fingerprint density at radius 2 is 1.92 bits per heavy atom. The second kappa shape index (κ2) is 4.12. The first-order valence-corrected chi connectivity index (χ1v) is 3.42. The minimum Gasteiger partial charge on any atom is -0.478 e. The molecular formula is C9H11ClO2. The van der Waals surface area contributed by atoms with Crippen molar-refractivity contribution in [3.05, 3.63) is 34.9 Å². The molecule has 2 nitrogen and oxygen atoms in total. The summed E-state index contributed by atoms with van der Waals surface area (Å²) < 4.78 is 0. The van der Waals surface area contributed by atoms with E-state index in [0.29, 0.717) is 5.56 Å². The Labute approximate surface area is 77.6 Å². The van der Waals surface area contributed by atoms with E-state index >= 15 is 0 Å². The lowest BCUT2D eigenvalue weighted by molar-refractivity contribution is 0.0696. The van der Waals surface area contributed by atoms with Gasteiger partial charge in [0.25, 0.3) is 0 Å². The van der Waals surface area contributed by atoms with Gasteiger partial charge in [-0.3, -0.25) is 0 Å². The Hall–Kier alpha value is -1.02. The molecular weight excluding hydrogens is 176 g/mol. The normalized spacial score (nSPS) is 8.83. The summed E-state index contributed by atoms with van der Waals surface area (Å²) in [4.78, 5) is 10.5. The van der Waals surface area contributed by atoms with Crippen LogP contribution < -0.4 is 0 Å². The Balaban J connectivity index is 0.00000121. The average Bonchev–Trinajstić information content (AvgIpc) is 1.85. The Morgan fingerprint density at radius 1 is 1.33 bits per heavy atom. The first kappa shape index (κ1) is 11.0. The van der Waals surface area contributed by atoms with E-state index < -0.39 is 5.97 Å². The number of carboxylic acids is 1.